The lowest BCUT2D eigenvalue weighted by molar-refractivity contribution is 0.318. The first-order chi connectivity index (χ1) is 9.02. The number of amidine groups is 1. The second-order valence-electron chi connectivity index (χ2n) is 5.44. The Morgan fingerprint density at radius 3 is 2.37 bits per heavy atom. The molecule has 1 aromatic carbocycles. The Kier molecular flexibility index (Phi) is 6.36. The summed E-state index contributed by atoms with van der Waals surface area (Å²) in [4.78, 5) is 0. The molecule has 0 spiro atoms. The minimum Gasteiger partial charge on any atom is -0.409 e. The summed E-state index contributed by atoms with van der Waals surface area (Å²) in [5.41, 5.74) is 7.45. The van der Waals surface area contributed by atoms with E-state index in [2.05, 4.69) is 31.2 Å². The molecule has 4 N–H and O–H groups in total. The van der Waals surface area contributed by atoms with E-state index in [0.717, 1.165) is 18.0 Å². The van der Waals surface area contributed by atoms with Crippen LogP contribution in [0.3, 0.4) is 0 Å². The molecule has 1 unspecified atom stereocenters. The predicted octanol–water partition coefficient (Wildman–Crippen LogP) is 2.70. The normalized spacial score (nSPS) is 13.8. The molecule has 1 atom stereocenters. The van der Waals surface area contributed by atoms with Gasteiger partial charge in [-0.2, -0.15) is 0 Å². The van der Waals surface area contributed by atoms with Crippen LogP contribution in [-0.4, -0.2) is 17.1 Å². The van der Waals surface area contributed by atoms with Gasteiger partial charge in [0, 0.05) is 18.2 Å². The second kappa shape index (κ2) is 7.79. The summed E-state index contributed by atoms with van der Waals surface area (Å²) in [6.07, 6.45) is 2.44. The van der Waals surface area contributed by atoms with Crippen molar-refractivity contribution in [3.05, 3.63) is 35.4 Å². The van der Waals surface area contributed by atoms with Gasteiger partial charge in [-0.1, -0.05) is 43.3 Å². The van der Waals surface area contributed by atoms with Crippen molar-refractivity contribution in [3.63, 3.8) is 0 Å². The van der Waals surface area contributed by atoms with E-state index >= 15 is 0 Å². The van der Waals surface area contributed by atoms with E-state index < -0.39 is 0 Å². The van der Waals surface area contributed by atoms with Crippen molar-refractivity contribution in [2.75, 3.05) is 0 Å². The van der Waals surface area contributed by atoms with Crippen LogP contribution in [-0.2, 0) is 6.54 Å². The molecule has 1 rings (SSSR count). The zero-order valence-electron chi connectivity index (χ0n) is 12.1. The Bertz CT molecular complexity index is 398. The largest absolute Gasteiger partial charge is 0.409 e. The number of nitrogens with zero attached hydrogens (tertiary/aromatic N) is 1. The van der Waals surface area contributed by atoms with E-state index in [-0.39, 0.29) is 5.84 Å². The maximum Gasteiger partial charge on any atom is 0.170 e. The number of nitrogens with one attached hydrogen (secondary N) is 1. The van der Waals surface area contributed by atoms with Crippen LogP contribution < -0.4 is 11.1 Å². The molecule has 0 radical (unpaired) electrons. The van der Waals surface area contributed by atoms with Gasteiger partial charge in [-0.05, 0) is 31.2 Å². The minimum atomic E-state index is 0.143. The van der Waals surface area contributed by atoms with Crippen molar-refractivity contribution in [1.82, 2.24) is 5.32 Å². The molecule has 0 aliphatic rings. The molecule has 0 aromatic heterocycles. The number of oxime groups is 1. The fourth-order valence-electron chi connectivity index (χ4n) is 1.83. The van der Waals surface area contributed by atoms with Crippen molar-refractivity contribution >= 4 is 5.84 Å². The van der Waals surface area contributed by atoms with Gasteiger partial charge in [-0.15, -0.1) is 0 Å². The van der Waals surface area contributed by atoms with E-state index in [1.807, 2.05) is 24.3 Å². The van der Waals surface area contributed by atoms with Gasteiger partial charge >= 0.3 is 0 Å². The number of nitrogens with two attached hydrogens (primary N) is 1. The summed E-state index contributed by atoms with van der Waals surface area (Å²) in [6.45, 7) is 7.56. The third-order valence-corrected chi connectivity index (χ3v) is 3.19. The summed E-state index contributed by atoms with van der Waals surface area (Å²) in [7, 11) is 0. The highest BCUT2D eigenvalue weighted by atomic mass is 16.4. The molecule has 106 valence electrons. The van der Waals surface area contributed by atoms with Crippen LogP contribution in [0.1, 0.15) is 44.7 Å². The summed E-state index contributed by atoms with van der Waals surface area (Å²) >= 11 is 0. The lowest BCUT2D eigenvalue weighted by Gasteiger charge is -2.15. The Balaban J connectivity index is 2.41. The van der Waals surface area contributed by atoms with Crippen LogP contribution in [0.4, 0.5) is 0 Å². The zero-order valence-corrected chi connectivity index (χ0v) is 12.1. The van der Waals surface area contributed by atoms with Gasteiger partial charge in [-0.25, -0.2) is 0 Å². The highest BCUT2D eigenvalue weighted by Gasteiger charge is 2.04. The first-order valence-corrected chi connectivity index (χ1v) is 6.83. The number of benzene rings is 1. The molecule has 0 aliphatic heterocycles. The van der Waals surface area contributed by atoms with E-state index in [4.69, 9.17) is 10.9 Å². The standard InChI is InChI=1S/C15H25N3O/c1-11(2)4-5-12(3)17-10-13-6-8-14(9-7-13)15(16)18-19/h6-9,11-12,17,19H,4-5,10H2,1-3H3,(H2,16,18). The minimum absolute atomic E-state index is 0.143. The molecule has 0 saturated carbocycles. The van der Waals surface area contributed by atoms with Gasteiger partial charge in [0.15, 0.2) is 5.84 Å². The van der Waals surface area contributed by atoms with Crippen molar-refractivity contribution in [2.45, 2.75) is 46.2 Å². The average Bonchev–Trinajstić information content (AvgIpc) is 2.42. The molecule has 4 nitrogen and oxygen atoms in total. The third-order valence-electron chi connectivity index (χ3n) is 3.19. The predicted molar refractivity (Wildman–Crippen MR) is 79.3 cm³/mol. The van der Waals surface area contributed by atoms with Crippen molar-refractivity contribution < 1.29 is 5.21 Å². The third kappa shape index (κ3) is 5.75. The molecule has 0 aliphatic carbocycles. The molecule has 0 bridgehead atoms. The maximum atomic E-state index is 8.59. The molecule has 4 heteroatoms. The van der Waals surface area contributed by atoms with E-state index in [1.54, 1.807) is 0 Å². The fraction of sp³-hybridized carbons (Fsp3) is 0.533. The Labute approximate surface area is 115 Å². The van der Waals surface area contributed by atoms with Crippen LogP contribution in [0, 0.1) is 5.92 Å². The maximum absolute atomic E-state index is 8.59. The quantitative estimate of drug-likeness (QED) is 0.306. The molecule has 1 aromatic rings. The van der Waals surface area contributed by atoms with Gasteiger partial charge < -0.3 is 16.3 Å². The van der Waals surface area contributed by atoms with Crippen molar-refractivity contribution in [1.29, 1.82) is 0 Å². The molecule has 0 fully saturated rings. The van der Waals surface area contributed by atoms with Crippen LogP contribution in [0.15, 0.2) is 29.4 Å². The topological polar surface area (TPSA) is 70.6 Å². The Morgan fingerprint density at radius 2 is 1.84 bits per heavy atom. The summed E-state index contributed by atoms with van der Waals surface area (Å²) < 4.78 is 0. The van der Waals surface area contributed by atoms with Gasteiger partial charge in [0.05, 0.1) is 0 Å². The molecule has 0 amide bonds. The van der Waals surface area contributed by atoms with Crippen molar-refractivity contribution in [3.8, 4) is 0 Å². The number of hydrogen-bond acceptors (Lipinski definition) is 3. The van der Waals surface area contributed by atoms with Crippen LogP contribution >= 0.6 is 0 Å². The van der Waals surface area contributed by atoms with Crippen LogP contribution in [0.5, 0.6) is 0 Å². The van der Waals surface area contributed by atoms with Crippen LogP contribution in [0.2, 0.25) is 0 Å². The van der Waals surface area contributed by atoms with Gasteiger partial charge in [-0.3, -0.25) is 0 Å². The summed E-state index contributed by atoms with van der Waals surface area (Å²) in [5.74, 6) is 0.897. The van der Waals surface area contributed by atoms with E-state index in [1.165, 1.54) is 18.4 Å². The average molecular weight is 263 g/mol. The second-order valence-corrected chi connectivity index (χ2v) is 5.44. The first-order valence-electron chi connectivity index (χ1n) is 6.83. The molecule has 0 saturated heterocycles. The summed E-state index contributed by atoms with van der Waals surface area (Å²) in [6, 6.07) is 8.24. The van der Waals surface area contributed by atoms with Gasteiger partial charge in [0.2, 0.25) is 0 Å². The zero-order chi connectivity index (χ0) is 14.3. The monoisotopic (exact) mass is 263 g/mol. The fourth-order valence-corrected chi connectivity index (χ4v) is 1.83. The molecular weight excluding hydrogens is 238 g/mol. The molecule has 0 heterocycles. The first kappa shape index (κ1) is 15.5. The van der Waals surface area contributed by atoms with Crippen molar-refractivity contribution in [2.24, 2.45) is 16.8 Å². The van der Waals surface area contributed by atoms with E-state index in [9.17, 15) is 0 Å². The van der Waals surface area contributed by atoms with E-state index in [0.29, 0.717) is 6.04 Å². The number of rotatable bonds is 7. The molecule has 19 heavy (non-hydrogen) atoms. The SMILES string of the molecule is CC(C)CCC(C)NCc1ccc(C(N)=NO)cc1. The lowest BCUT2D eigenvalue weighted by atomic mass is 10.0. The van der Waals surface area contributed by atoms with Gasteiger partial charge in [0.1, 0.15) is 0 Å². The van der Waals surface area contributed by atoms with Gasteiger partial charge in [0.25, 0.3) is 0 Å². The smallest absolute Gasteiger partial charge is 0.170 e. The summed E-state index contributed by atoms with van der Waals surface area (Å²) in [5, 5.41) is 15.1. The molecular formula is C15H25N3O. The Hall–Kier alpha value is -1.55. The number of hydrogen-bond donors (Lipinski definition) is 3. The van der Waals surface area contributed by atoms with Crippen LogP contribution in [0.25, 0.3) is 0 Å². The highest BCUT2D eigenvalue weighted by molar-refractivity contribution is 5.96. The highest BCUT2D eigenvalue weighted by Crippen LogP contribution is 2.08. The Morgan fingerprint density at radius 1 is 1.21 bits per heavy atom. The lowest BCUT2D eigenvalue weighted by Crippen LogP contribution is -2.25.